The molecule has 0 radical (unpaired) electrons. The van der Waals surface area contributed by atoms with Crippen molar-refractivity contribution in [1.29, 1.82) is 0 Å². The van der Waals surface area contributed by atoms with Crippen LogP contribution < -0.4 is 10.9 Å². The number of H-pyrrole nitrogens is 1. The summed E-state index contributed by atoms with van der Waals surface area (Å²) in [5.41, 5.74) is 2.15. The topological polar surface area (TPSA) is 78.1 Å². The molecule has 0 aliphatic carbocycles. The van der Waals surface area contributed by atoms with Gasteiger partial charge in [-0.3, -0.25) is 14.5 Å². The summed E-state index contributed by atoms with van der Waals surface area (Å²) in [4.78, 5) is 25.4. The molecule has 2 rings (SSSR count). The molecule has 0 fully saturated rings. The fourth-order valence-electron chi connectivity index (χ4n) is 2.31. The van der Waals surface area contributed by atoms with Crippen LogP contribution in [0.4, 0.5) is 0 Å². The number of hydrogen-bond donors (Lipinski definition) is 2. The summed E-state index contributed by atoms with van der Waals surface area (Å²) < 4.78 is 0. The molecular weight excluding hydrogens is 292 g/mol. The Labute approximate surface area is 135 Å². The summed E-state index contributed by atoms with van der Waals surface area (Å²) in [7, 11) is 0. The van der Waals surface area contributed by atoms with Gasteiger partial charge in [0.2, 0.25) is 0 Å². The van der Waals surface area contributed by atoms with Crippen molar-refractivity contribution in [1.82, 2.24) is 20.4 Å². The van der Waals surface area contributed by atoms with Gasteiger partial charge in [-0.25, -0.2) is 5.10 Å². The maximum atomic E-state index is 12.1. The van der Waals surface area contributed by atoms with Crippen LogP contribution in [0.25, 0.3) is 0 Å². The lowest BCUT2D eigenvalue weighted by atomic mass is 10.1. The van der Waals surface area contributed by atoms with E-state index in [1.165, 1.54) is 17.7 Å². The first-order chi connectivity index (χ1) is 11.1. The number of benzene rings is 1. The van der Waals surface area contributed by atoms with Gasteiger partial charge in [-0.15, -0.1) is 0 Å². The highest BCUT2D eigenvalue weighted by atomic mass is 16.2. The standard InChI is InChI=1S/C17H22N4O2/c1-3-21(4-2)12-14-8-6-5-7-13(14)11-18-17(23)15-9-10-16(22)20-19-15/h5-10H,3-4,11-12H2,1-2H3,(H,18,23)(H,20,22). The molecule has 0 aliphatic heterocycles. The van der Waals surface area contributed by atoms with E-state index >= 15 is 0 Å². The molecule has 6 nitrogen and oxygen atoms in total. The highest BCUT2D eigenvalue weighted by Gasteiger charge is 2.10. The number of carbonyl (C=O) groups is 1. The van der Waals surface area contributed by atoms with E-state index in [0.717, 1.165) is 25.2 Å². The van der Waals surface area contributed by atoms with Gasteiger partial charge in [0.25, 0.3) is 11.5 Å². The van der Waals surface area contributed by atoms with Crippen molar-refractivity contribution in [2.45, 2.75) is 26.9 Å². The van der Waals surface area contributed by atoms with E-state index in [4.69, 9.17) is 0 Å². The lowest BCUT2D eigenvalue weighted by Gasteiger charge is -2.20. The Morgan fingerprint density at radius 3 is 2.43 bits per heavy atom. The molecule has 122 valence electrons. The lowest BCUT2D eigenvalue weighted by Crippen LogP contribution is -2.27. The first kappa shape index (κ1) is 16.9. The van der Waals surface area contributed by atoms with Crippen LogP contribution in [0.1, 0.15) is 35.5 Å². The van der Waals surface area contributed by atoms with E-state index in [-0.39, 0.29) is 17.2 Å². The van der Waals surface area contributed by atoms with Crippen LogP contribution in [0.3, 0.4) is 0 Å². The van der Waals surface area contributed by atoms with Crippen LogP contribution in [-0.4, -0.2) is 34.1 Å². The molecule has 0 bridgehead atoms. The van der Waals surface area contributed by atoms with Crippen LogP contribution in [0, 0.1) is 0 Å². The van der Waals surface area contributed by atoms with Crippen molar-refractivity contribution in [3.63, 3.8) is 0 Å². The molecule has 1 aromatic carbocycles. The molecule has 1 amide bonds. The normalized spacial score (nSPS) is 10.7. The number of hydrogen-bond acceptors (Lipinski definition) is 4. The predicted octanol–water partition coefficient (Wildman–Crippen LogP) is 1.54. The second kappa shape index (κ2) is 8.24. The van der Waals surface area contributed by atoms with Crippen molar-refractivity contribution >= 4 is 5.91 Å². The summed E-state index contributed by atoms with van der Waals surface area (Å²) in [6.07, 6.45) is 0. The Morgan fingerprint density at radius 1 is 1.13 bits per heavy atom. The van der Waals surface area contributed by atoms with Gasteiger partial charge in [0.05, 0.1) is 0 Å². The molecule has 0 spiro atoms. The molecule has 1 heterocycles. The molecular formula is C17H22N4O2. The molecule has 0 saturated carbocycles. The van der Waals surface area contributed by atoms with Gasteiger partial charge in [-0.2, -0.15) is 5.10 Å². The minimum absolute atomic E-state index is 0.200. The molecule has 23 heavy (non-hydrogen) atoms. The van der Waals surface area contributed by atoms with E-state index in [0.29, 0.717) is 6.54 Å². The Kier molecular flexibility index (Phi) is 6.05. The number of nitrogens with zero attached hydrogens (tertiary/aromatic N) is 2. The third-order valence-electron chi connectivity index (χ3n) is 3.76. The number of aromatic nitrogens is 2. The van der Waals surface area contributed by atoms with Gasteiger partial charge >= 0.3 is 0 Å². The van der Waals surface area contributed by atoms with Crippen molar-refractivity contribution in [3.05, 3.63) is 63.6 Å². The highest BCUT2D eigenvalue weighted by Crippen LogP contribution is 2.11. The quantitative estimate of drug-likeness (QED) is 0.812. The summed E-state index contributed by atoms with van der Waals surface area (Å²) >= 11 is 0. The fraction of sp³-hybridized carbons (Fsp3) is 0.353. The van der Waals surface area contributed by atoms with Crippen molar-refractivity contribution in [2.75, 3.05) is 13.1 Å². The monoisotopic (exact) mass is 314 g/mol. The van der Waals surface area contributed by atoms with Gasteiger partial charge in [-0.1, -0.05) is 38.1 Å². The number of aromatic amines is 1. The molecule has 0 atom stereocenters. The maximum absolute atomic E-state index is 12.1. The van der Waals surface area contributed by atoms with Gasteiger partial charge in [0.1, 0.15) is 5.69 Å². The first-order valence-corrected chi connectivity index (χ1v) is 7.77. The van der Waals surface area contributed by atoms with Crippen molar-refractivity contribution < 1.29 is 4.79 Å². The third kappa shape index (κ3) is 4.75. The Balaban J connectivity index is 2.04. The van der Waals surface area contributed by atoms with E-state index < -0.39 is 0 Å². The van der Waals surface area contributed by atoms with Crippen LogP contribution in [0.15, 0.2) is 41.2 Å². The van der Waals surface area contributed by atoms with Crippen molar-refractivity contribution in [2.24, 2.45) is 0 Å². The van der Waals surface area contributed by atoms with Gasteiger partial charge in [-0.05, 0) is 30.3 Å². The SMILES string of the molecule is CCN(CC)Cc1ccccc1CNC(=O)c1ccc(=O)[nH]n1. The summed E-state index contributed by atoms with van der Waals surface area (Å²) in [5, 5.41) is 8.83. The van der Waals surface area contributed by atoms with Crippen LogP contribution in [0.2, 0.25) is 0 Å². The number of amides is 1. The minimum Gasteiger partial charge on any atom is -0.347 e. The van der Waals surface area contributed by atoms with E-state index in [9.17, 15) is 9.59 Å². The summed E-state index contributed by atoms with van der Waals surface area (Å²) in [6.45, 7) is 7.52. The predicted molar refractivity (Wildman–Crippen MR) is 89.1 cm³/mol. The number of rotatable bonds is 7. The average molecular weight is 314 g/mol. The lowest BCUT2D eigenvalue weighted by molar-refractivity contribution is 0.0944. The molecule has 0 unspecified atom stereocenters. The zero-order valence-electron chi connectivity index (χ0n) is 13.5. The smallest absolute Gasteiger partial charge is 0.271 e. The summed E-state index contributed by atoms with van der Waals surface area (Å²) in [5.74, 6) is -0.307. The molecule has 2 aromatic rings. The number of carbonyl (C=O) groups excluding carboxylic acids is 1. The zero-order valence-corrected chi connectivity index (χ0v) is 13.5. The second-order valence-electron chi connectivity index (χ2n) is 5.22. The van der Waals surface area contributed by atoms with E-state index in [1.54, 1.807) is 0 Å². The molecule has 1 aromatic heterocycles. The van der Waals surface area contributed by atoms with Gasteiger partial charge in [0, 0.05) is 19.2 Å². The highest BCUT2D eigenvalue weighted by molar-refractivity contribution is 5.91. The first-order valence-electron chi connectivity index (χ1n) is 7.77. The maximum Gasteiger partial charge on any atom is 0.271 e. The fourth-order valence-corrected chi connectivity index (χ4v) is 2.31. The number of nitrogens with one attached hydrogen (secondary N) is 2. The van der Waals surface area contributed by atoms with Gasteiger partial charge < -0.3 is 5.32 Å². The largest absolute Gasteiger partial charge is 0.347 e. The van der Waals surface area contributed by atoms with Crippen molar-refractivity contribution in [3.8, 4) is 0 Å². The summed E-state index contributed by atoms with van der Waals surface area (Å²) in [6, 6.07) is 10.8. The van der Waals surface area contributed by atoms with Crippen LogP contribution in [0.5, 0.6) is 0 Å². The molecule has 0 aliphatic rings. The van der Waals surface area contributed by atoms with Crippen LogP contribution in [-0.2, 0) is 13.1 Å². The average Bonchev–Trinajstić information content (AvgIpc) is 2.59. The van der Waals surface area contributed by atoms with Crippen LogP contribution >= 0.6 is 0 Å². The Morgan fingerprint density at radius 2 is 1.83 bits per heavy atom. The molecule has 2 N–H and O–H groups in total. The minimum atomic E-state index is -0.328. The van der Waals surface area contributed by atoms with Gasteiger partial charge in [0.15, 0.2) is 0 Å². The zero-order chi connectivity index (χ0) is 16.7. The second-order valence-corrected chi connectivity index (χ2v) is 5.22. The third-order valence-corrected chi connectivity index (χ3v) is 3.76. The molecule has 0 saturated heterocycles. The van der Waals surface area contributed by atoms with E-state index in [1.807, 2.05) is 18.2 Å². The Bertz CT molecular complexity index is 687. The molecule has 6 heteroatoms. The van der Waals surface area contributed by atoms with E-state index in [2.05, 4.69) is 40.3 Å². The Hall–Kier alpha value is -2.47.